The molecular formula is C23H18N2O4S. The number of aliphatic imine (C=N–C) groups is 1. The van der Waals surface area contributed by atoms with Gasteiger partial charge in [0.2, 0.25) is 0 Å². The normalized spacial score (nSPS) is 16.3. The van der Waals surface area contributed by atoms with Crippen molar-refractivity contribution in [2.45, 2.75) is 13.8 Å². The number of carbonyl (C=O) groups excluding carboxylic acids is 1. The van der Waals surface area contributed by atoms with Gasteiger partial charge in [-0.25, -0.2) is 9.79 Å². The van der Waals surface area contributed by atoms with Gasteiger partial charge < -0.3 is 14.8 Å². The van der Waals surface area contributed by atoms with Crippen molar-refractivity contribution in [1.82, 2.24) is 5.32 Å². The number of amides is 1. The molecule has 0 atom stereocenters. The van der Waals surface area contributed by atoms with Crippen LogP contribution in [0.2, 0.25) is 0 Å². The minimum absolute atomic E-state index is 0.189. The molecule has 1 aliphatic rings. The molecule has 3 aromatic rings. The number of carboxylic acid groups (broad SMARTS) is 1. The van der Waals surface area contributed by atoms with Crippen LogP contribution in [0.25, 0.3) is 17.4 Å². The molecule has 1 amide bonds. The summed E-state index contributed by atoms with van der Waals surface area (Å²) in [4.78, 5) is 28.5. The van der Waals surface area contributed by atoms with Crippen molar-refractivity contribution in [3.63, 3.8) is 0 Å². The van der Waals surface area contributed by atoms with E-state index in [4.69, 9.17) is 4.42 Å². The molecule has 0 bridgehead atoms. The summed E-state index contributed by atoms with van der Waals surface area (Å²) in [6.45, 7) is 3.89. The second-order valence-electron chi connectivity index (χ2n) is 6.85. The van der Waals surface area contributed by atoms with E-state index < -0.39 is 5.97 Å². The zero-order valence-corrected chi connectivity index (χ0v) is 17.1. The molecule has 1 saturated heterocycles. The third kappa shape index (κ3) is 4.21. The molecule has 150 valence electrons. The van der Waals surface area contributed by atoms with Gasteiger partial charge in [-0.05, 0) is 67.6 Å². The number of carboxylic acids is 1. The second-order valence-corrected chi connectivity index (χ2v) is 7.88. The molecular weight excluding hydrogens is 400 g/mol. The van der Waals surface area contributed by atoms with Gasteiger partial charge in [0.15, 0.2) is 5.17 Å². The Morgan fingerprint density at radius 3 is 2.60 bits per heavy atom. The Morgan fingerprint density at radius 2 is 1.87 bits per heavy atom. The van der Waals surface area contributed by atoms with Crippen molar-refractivity contribution in [3.05, 3.63) is 82.0 Å². The zero-order chi connectivity index (χ0) is 21.3. The molecule has 6 nitrogen and oxygen atoms in total. The number of nitrogens with zero attached hydrogens (tertiary/aromatic N) is 1. The Labute approximate surface area is 177 Å². The van der Waals surface area contributed by atoms with Crippen molar-refractivity contribution in [1.29, 1.82) is 0 Å². The number of aryl methyl sites for hydroxylation is 2. The highest BCUT2D eigenvalue weighted by atomic mass is 32.2. The molecule has 0 radical (unpaired) electrons. The average molecular weight is 418 g/mol. The third-order valence-electron chi connectivity index (χ3n) is 4.57. The third-order valence-corrected chi connectivity index (χ3v) is 5.48. The fourth-order valence-corrected chi connectivity index (χ4v) is 3.76. The van der Waals surface area contributed by atoms with E-state index >= 15 is 0 Å². The molecule has 1 aromatic heterocycles. The van der Waals surface area contributed by atoms with Crippen LogP contribution in [-0.2, 0) is 4.79 Å². The van der Waals surface area contributed by atoms with Gasteiger partial charge in [0, 0.05) is 11.6 Å². The first-order chi connectivity index (χ1) is 14.4. The summed E-state index contributed by atoms with van der Waals surface area (Å²) in [7, 11) is 0. The standard InChI is InChI=1S/C23H18N2O4S/c1-13-3-7-16(8-4-13)24-23-25-21(26)20(30-23)12-17-9-10-19(29-17)18-11-15(22(27)28)6-5-14(18)2/h3-12H,1-2H3,(H,27,28)(H,24,25,26)/b20-12+. The summed E-state index contributed by atoms with van der Waals surface area (Å²) in [5.74, 6) is -0.198. The first-order valence-electron chi connectivity index (χ1n) is 9.19. The molecule has 0 aliphatic carbocycles. The van der Waals surface area contributed by atoms with Gasteiger partial charge in [0.25, 0.3) is 5.91 Å². The lowest BCUT2D eigenvalue weighted by molar-refractivity contribution is -0.115. The monoisotopic (exact) mass is 418 g/mol. The number of thioether (sulfide) groups is 1. The predicted molar refractivity (Wildman–Crippen MR) is 118 cm³/mol. The predicted octanol–water partition coefficient (Wildman–Crippen LogP) is 5.15. The first kappa shape index (κ1) is 19.7. The summed E-state index contributed by atoms with van der Waals surface area (Å²) in [6, 6.07) is 16.1. The number of hydrogen-bond donors (Lipinski definition) is 2. The largest absolute Gasteiger partial charge is 0.478 e. The molecule has 2 heterocycles. The highest BCUT2D eigenvalue weighted by molar-refractivity contribution is 8.18. The lowest BCUT2D eigenvalue weighted by Gasteiger charge is -2.04. The van der Waals surface area contributed by atoms with Crippen LogP contribution in [0.3, 0.4) is 0 Å². The van der Waals surface area contributed by atoms with Crippen LogP contribution >= 0.6 is 11.8 Å². The summed E-state index contributed by atoms with van der Waals surface area (Å²) in [6.07, 6.45) is 1.65. The first-order valence-corrected chi connectivity index (χ1v) is 10.0. The van der Waals surface area contributed by atoms with Gasteiger partial charge in [-0.1, -0.05) is 23.8 Å². The molecule has 2 N–H and O–H groups in total. The summed E-state index contributed by atoms with van der Waals surface area (Å²) in [5, 5.41) is 12.5. The van der Waals surface area contributed by atoms with Crippen molar-refractivity contribution in [3.8, 4) is 11.3 Å². The fourth-order valence-electron chi connectivity index (χ4n) is 2.94. The van der Waals surface area contributed by atoms with Crippen LogP contribution in [0.1, 0.15) is 27.2 Å². The van der Waals surface area contributed by atoms with Gasteiger partial charge in [-0.15, -0.1) is 0 Å². The average Bonchev–Trinajstić information content (AvgIpc) is 3.31. The van der Waals surface area contributed by atoms with E-state index in [0.29, 0.717) is 27.2 Å². The van der Waals surface area contributed by atoms with Gasteiger partial charge in [0.1, 0.15) is 11.5 Å². The number of rotatable bonds is 4. The molecule has 4 rings (SSSR count). The van der Waals surface area contributed by atoms with Crippen molar-refractivity contribution >= 4 is 40.6 Å². The van der Waals surface area contributed by atoms with Gasteiger partial charge in [-0.3, -0.25) is 4.79 Å². The van der Waals surface area contributed by atoms with Crippen LogP contribution in [-0.4, -0.2) is 22.2 Å². The molecule has 30 heavy (non-hydrogen) atoms. The smallest absolute Gasteiger partial charge is 0.335 e. The SMILES string of the molecule is Cc1ccc(N=C2NC(=O)/C(=C\c3ccc(-c4cc(C(=O)O)ccc4C)o3)S2)cc1. The van der Waals surface area contributed by atoms with E-state index in [-0.39, 0.29) is 11.5 Å². The maximum atomic E-state index is 12.3. The molecule has 1 fully saturated rings. The van der Waals surface area contributed by atoms with Crippen LogP contribution in [0, 0.1) is 13.8 Å². The van der Waals surface area contributed by atoms with Gasteiger partial charge >= 0.3 is 5.97 Å². The highest BCUT2D eigenvalue weighted by Crippen LogP contribution is 2.31. The van der Waals surface area contributed by atoms with E-state index in [1.807, 2.05) is 38.1 Å². The quantitative estimate of drug-likeness (QED) is 0.572. The van der Waals surface area contributed by atoms with Gasteiger partial charge in [-0.2, -0.15) is 0 Å². The van der Waals surface area contributed by atoms with Gasteiger partial charge in [0.05, 0.1) is 16.2 Å². The van der Waals surface area contributed by atoms with Crippen molar-refractivity contribution in [2.24, 2.45) is 4.99 Å². The topological polar surface area (TPSA) is 91.9 Å². The molecule has 2 aromatic carbocycles. The number of amidine groups is 1. The lowest BCUT2D eigenvalue weighted by atomic mass is 10.0. The van der Waals surface area contributed by atoms with E-state index in [2.05, 4.69) is 10.3 Å². The lowest BCUT2D eigenvalue weighted by Crippen LogP contribution is -2.19. The maximum absolute atomic E-state index is 12.3. The minimum atomic E-state index is -0.996. The van der Waals surface area contributed by atoms with E-state index in [1.165, 1.54) is 11.8 Å². The molecule has 0 spiro atoms. The Bertz CT molecular complexity index is 1210. The Morgan fingerprint density at radius 1 is 1.10 bits per heavy atom. The summed E-state index contributed by atoms with van der Waals surface area (Å²) >= 11 is 1.24. The number of benzene rings is 2. The Balaban J connectivity index is 1.57. The fraction of sp³-hybridized carbons (Fsp3) is 0.0870. The van der Waals surface area contributed by atoms with Crippen LogP contribution in [0.15, 0.2) is 68.9 Å². The van der Waals surface area contributed by atoms with Crippen molar-refractivity contribution < 1.29 is 19.1 Å². The van der Waals surface area contributed by atoms with E-state index in [0.717, 1.165) is 16.8 Å². The van der Waals surface area contributed by atoms with E-state index in [1.54, 1.807) is 36.4 Å². The molecule has 0 unspecified atom stereocenters. The molecule has 0 saturated carbocycles. The highest BCUT2D eigenvalue weighted by Gasteiger charge is 2.24. The number of nitrogens with one attached hydrogen (secondary N) is 1. The van der Waals surface area contributed by atoms with Crippen LogP contribution < -0.4 is 5.32 Å². The van der Waals surface area contributed by atoms with Crippen LogP contribution in [0.5, 0.6) is 0 Å². The van der Waals surface area contributed by atoms with E-state index in [9.17, 15) is 14.7 Å². The zero-order valence-electron chi connectivity index (χ0n) is 16.3. The maximum Gasteiger partial charge on any atom is 0.335 e. The molecule has 1 aliphatic heterocycles. The second kappa shape index (κ2) is 8.04. The number of carbonyl (C=O) groups is 2. The summed E-state index contributed by atoms with van der Waals surface area (Å²) in [5.41, 5.74) is 3.69. The minimum Gasteiger partial charge on any atom is -0.478 e. The Kier molecular flexibility index (Phi) is 5.29. The number of hydrogen-bond acceptors (Lipinski definition) is 5. The summed E-state index contributed by atoms with van der Waals surface area (Å²) < 4.78 is 5.86. The number of aromatic carboxylic acids is 1. The van der Waals surface area contributed by atoms with Crippen LogP contribution in [0.4, 0.5) is 5.69 Å². The molecule has 7 heteroatoms. The van der Waals surface area contributed by atoms with Crippen molar-refractivity contribution in [2.75, 3.05) is 0 Å². The Hall–Kier alpha value is -3.58. The number of furan rings is 1.